The van der Waals surface area contributed by atoms with Gasteiger partial charge >= 0.3 is 0 Å². The third-order valence-electron chi connectivity index (χ3n) is 4.25. The number of nitrogens with zero attached hydrogens (tertiary/aromatic N) is 1. The number of carbonyl (C=O) groups excluding carboxylic acids is 2. The maximum Gasteiger partial charge on any atom is 0.252 e. The smallest absolute Gasteiger partial charge is 0.252 e. The minimum Gasteiger partial charge on any atom is -0.379 e. The summed E-state index contributed by atoms with van der Waals surface area (Å²) < 4.78 is 5.35. The van der Waals surface area contributed by atoms with Crippen molar-refractivity contribution in [3.63, 3.8) is 0 Å². The van der Waals surface area contributed by atoms with Crippen LogP contribution in [0.25, 0.3) is 0 Å². The van der Waals surface area contributed by atoms with Gasteiger partial charge in [0.2, 0.25) is 0 Å². The van der Waals surface area contributed by atoms with Gasteiger partial charge in [-0.2, -0.15) is 0 Å². The van der Waals surface area contributed by atoms with E-state index in [4.69, 9.17) is 4.74 Å². The van der Waals surface area contributed by atoms with Crippen LogP contribution in [0.2, 0.25) is 0 Å². The summed E-state index contributed by atoms with van der Waals surface area (Å²) in [6.07, 6.45) is 2.12. The van der Waals surface area contributed by atoms with E-state index in [0.717, 1.165) is 36.5 Å². The van der Waals surface area contributed by atoms with Crippen molar-refractivity contribution in [1.29, 1.82) is 0 Å². The highest BCUT2D eigenvalue weighted by molar-refractivity contribution is 8.00. The molecular weight excluding hydrogens is 314 g/mol. The van der Waals surface area contributed by atoms with Gasteiger partial charge in [-0.1, -0.05) is 11.8 Å². The fourth-order valence-corrected chi connectivity index (χ4v) is 3.94. The van der Waals surface area contributed by atoms with E-state index >= 15 is 0 Å². The molecule has 2 N–H and O–H groups in total. The molecule has 3 aliphatic rings. The zero-order chi connectivity index (χ0) is 15.8. The first-order chi connectivity index (χ1) is 11.2. The van der Waals surface area contributed by atoms with E-state index in [2.05, 4.69) is 15.5 Å². The molecule has 1 saturated carbocycles. The van der Waals surface area contributed by atoms with Gasteiger partial charge < -0.3 is 15.4 Å². The van der Waals surface area contributed by atoms with E-state index in [9.17, 15) is 9.59 Å². The van der Waals surface area contributed by atoms with Crippen molar-refractivity contribution in [3.8, 4) is 0 Å². The summed E-state index contributed by atoms with van der Waals surface area (Å²) in [6.45, 7) is 2.86. The number of fused-ring (bicyclic) bond motifs is 1. The standard InChI is InChI=1S/C16H19N3O3S/c20-14(17-11-2-3-11)10-1-4-13-12(9-10)18-15(21)16(23-13)19-5-7-22-8-6-19/h1,4,9,11,16H,2-3,5-8H2,(H,17,20)(H,18,21). The van der Waals surface area contributed by atoms with Gasteiger partial charge in [-0.3, -0.25) is 14.5 Å². The minimum atomic E-state index is -0.224. The van der Waals surface area contributed by atoms with Crippen molar-refractivity contribution in [2.75, 3.05) is 31.6 Å². The first-order valence-corrected chi connectivity index (χ1v) is 8.83. The van der Waals surface area contributed by atoms with Crippen LogP contribution in [0.15, 0.2) is 23.1 Å². The van der Waals surface area contributed by atoms with Crippen LogP contribution in [0.5, 0.6) is 0 Å². The Morgan fingerprint density at radius 3 is 2.83 bits per heavy atom. The highest BCUT2D eigenvalue weighted by Gasteiger charge is 2.33. The third kappa shape index (κ3) is 3.22. The number of morpholine rings is 1. The number of ether oxygens (including phenoxy) is 1. The molecule has 2 heterocycles. The van der Waals surface area contributed by atoms with Gasteiger partial charge in [0.25, 0.3) is 11.8 Å². The molecule has 0 spiro atoms. The Kier molecular flexibility index (Phi) is 4.00. The fourth-order valence-electron chi connectivity index (χ4n) is 2.79. The Morgan fingerprint density at radius 1 is 1.30 bits per heavy atom. The molecule has 1 aromatic carbocycles. The Balaban J connectivity index is 1.51. The largest absolute Gasteiger partial charge is 0.379 e. The number of amides is 2. The normalized spacial score (nSPS) is 24.7. The SMILES string of the molecule is O=C(NC1CC1)c1ccc2c(c1)NC(=O)C(N1CCOCC1)S2. The molecule has 4 rings (SSSR count). The van der Waals surface area contributed by atoms with E-state index in [0.29, 0.717) is 24.8 Å². The van der Waals surface area contributed by atoms with Crippen molar-refractivity contribution < 1.29 is 14.3 Å². The Morgan fingerprint density at radius 2 is 2.09 bits per heavy atom. The average Bonchev–Trinajstić information content (AvgIpc) is 3.38. The lowest BCUT2D eigenvalue weighted by Gasteiger charge is -2.35. The molecule has 2 amide bonds. The minimum absolute atomic E-state index is 0.0239. The van der Waals surface area contributed by atoms with Gasteiger partial charge in [0.15, 0.2) is 0 Å². The molecule has 2 fully saturated rings. The lowest BCUT2D eigenvalue weighted by atomic mass is 10.1. The summed E-state index contributed by atoms with van der Waals surface area (Å²) in [5, 5.41) is 5.69. The Labute approximate surface area is 138 Å². The van der Waals surface area contributed by atoms with Gasteiger partial charge in [0, 0.05) is 29.6 Å². The summed E-state index contributed by atoms with van der Waals surface area (Å²) in [6, 6.07) is 5.85. The maximum atomic E-state index is 12.4. The second-order valence-electron chi connectivity index (χ2n) is 6.07. The summed E-state index contributed by atoms with van der Waals surface area (Å²) in [7, 11) is 0. The van der Waals surface area contributed by atoms with Gasteiger partial charge in [0.1, 0.15) is 5.37 Å². The van der Waals surface area contributed by atoms with E-state index in [1.165, 1.54) is 0 Å². The molecular formula is C16H19N3O3S. The lowest BCUT2D eigenvalue weighted by molar-refractivity contribution is -0.119. The van der Waals surface area contributed by atoms with Crippen LogP contribution in [0.4, 0.5) is 5.69 Å². The van der Waals surface area contributed by atoms with E-state index in [1.54, 1.807) is 17.8 Å². The van der Waals surface area contributed by atoms with Gasteiger partial charge in [-0.05, 0) is 31.0 Å². The zero-order valence-electron chi connectivity index (χ0n) is 12.7. The topological polar surface area (TPSA) is 70.7 Å². The van der Waals surface area contributed by atoms with E-state index in [-0.39, 0.29) is 17.2 Å². The molecule has 2 aliphatic heterocycles. The van der Waals surface area contributed by atoms with Crippen LogP contribution in [0.3, 0.4) is 0 Å². The number of benzene rings is 1. The van der Waals surface area contributed by atoms with Crippen molar-refractivity contribution in [2.24, 2.45) is 0 Å². The summed E-state index contributed by atoms with van der Waals surface area (Å²) in [5.41, 5.74) is 1.33. The van der Waals surface area contributed by atoms with E-state index in [1.807, 2.05) is 12.1 Å². The number of anilines is 1. The summed E-state index contributed by atoms with van der Waals surface area (Å²) in [5.74, 6) is -0.0889. The molecule has 0 radical (unpaired) electrons. The zero-order valence-corrected chi connectivity index (χ0v) is 13.5. The number of hydrogen-bond donors (Lipinski definition) is 2. The molecule has 1 aromatic rings. The molecule has 1 saturated heterocycles. The number of rotatable bonds is 3. The molecule has 0 bridgehead atoms. The van der Waals surface area contributed by atoms with Crippen molar-refractivity contribution in [2.45, 2.75) is 29.2 Å². The molecule has 23 heavy (non-hydrogen) atoms. The second-order valence-corrected chi connectivity index (χ2v) is 7.19. The molecule has 7 heteroatoms. The summed E-state index contributed by atoms with van der Waals surface area (Å²) >= 11 is 1.54. The average molecular weight is 333 g/mol. The van der Waals surface area contributed by atoms with Crippen LogP contribution >= 0.6 is 11.8 Å². The highest BCUT2D eigenvalue weighted by Crippen LogP contribution is 2.37. The molecule has 6 nitrogen and oxygen atoms in total. The maximum absolute atomic E-state index is 12.4. The van der Waals surface area contributed by atoms with Gasteiger partial charge in [0.05, 0.1) is 18.9 Å². The Bertz CT molecular complexity index is 641. The first-order valence-electron chi connectivity index (χ1n) is 7.95. The fraction of sp³-hybridized carbons (Fsp3) is 0.500. The van der Waals surface area contributed by atoms with E-state index < -0.39 is 0 Å². The predicted octanol–water partition coefficient (Wildman–Crippen LogP) is 1.28. The highest BCUT2D eigenvalue weighted by atomic mass is 32.2. The number of carbonyl (C=O) groups is 2. The second kappa shape index (κ2) is 6.14. The van der Waals surface area contributed by atoms with Crippen molar-refractivity contribution in [1.82, 2.24) is 10.2 Å². The molecule has 0 aromatic heterocycles. The number of nitrogens with one attached hydrogen (secondary N) is 2. The van der Waals surface area contributed by atoms with Crippen LogP contribution in [0.1, 0.15) is 23.2 Å². The predicted molar refractivity (Wildman–Crippen MR) is 87.6 cm³/mol. The van der Waals surface area contributed by atoms with Crippen molar-refractivity contribution >= 4 is 29.3 Å². The molecule has 122 valence electrons. The van der Waals surface area contributed by atoms with Gasteiger partial charge in [-0.15, -0.1) is 0 Å². The lowest BCUT2D eigenvalue weighted by Crippen LogP contribution is -2.48. The number of thioether (sulfide) groups is 1. The van der Waals surface area contributed by atoms with Crippen LogP contribution in [0, 0.1) is 0 Å². The summed E-state index contributed by atoms with van der Waals surface area (Å²) in [4.78, 5) is 27.7. The van der Waals surface area contributed by atoms with Crippen LogP contribution < -0.4 is 10.6 Å². The molecule has 1 aliphatic carbocycles. The third-order valence-corrected chi connectivity index (χ3v) is 5.60. The monoisotopic (exact) mass is 333 g/mol. The quantitative estimate of drug-likeness (QED) is 0.872. The number of hydrogen-bond acceptors (Lipinski definition) is 5. The molecule has 1 atom stereocenters. The first kappa shape index (κ1) is 15.0. The molecule has 1 unspecified atom stereocenters. The van der Waals surface area contributed by atoms with Crippen molar-refractivity contribution in [3.05, 3.63) is 23.8 Å². The van der Waals surface area contributed by atoms with Gasteiger partial charge in [-0.25, -0.2) is 0 Å². The van der Waals surface area contributed by atoms with Crippen LogP contribution in [-0.4, -0.2) is 54.4 Å². The Hall–Kier alpha value is -1.57. The van der Waals surface area contributed by atoms with Crippen LogP contribution in [-0.2, 0) is 9.53 Å².